The van der Waals surface area contributed by atoms with Gasteiger partial charge in [-0.15, -0.1) is 0 Å². The first-order chi connectivity index (χ1) is 13.9. The fourth-order valence-electron chi connectivity index (χ4n) is 3.59. The summed E-state index contributed by atoms with van der Waals surface area (Å²) < 4.78 is 5.12. The summed E-state index contributed by atoms with van der Waals surface area (Å²) >= 11 is 0. The number of aryl methyl sites for hydroxylation is 1. The van der Waals surface area contributed by atoms with Crippen LogP contribution in [0.2, 0.25) is 0 Å². The summed E-state index contributed by atoms with van der Waals surface area (Å²) in [6.07, 6.45) is 23.7. The lowest BCUT2D eigenvalue weighted by Crippen LogP contribution is -1.88. The van der Waals surface area contributed by atoms with Gasteiger partial charge in [-0.2, -0.15) is 0 Å². The van der Waals surface area contributed by atoms with Gasteiger partial charge in [-0.3, -0.25) is 0 Å². The quantitative estimate of drug-likeness (QED) is 0.285. The molecule has 0 bridgehead atoms. The second kappa shape index (κ2) is 15.1. The first-order valence-electron chi connectivity index (χ1n) is 11.5. The molecule has 0 fully saturated rings. The van der Waals surface area contributed by atoms with E-state index in [9.17, 15) is 0 Å². The number of furan rings is 1. The van der Waals surface area contributed by atoms with Crippen molar-refractivity contribution in [2.45, 2.75) is 99.3 Å². The first-order valence-corrected chi connectivity index (χ1v) is 11.5. The van der Waals surface area contributed by atoms with E-state index in [2.05, 4.69) is 71.9 Å². The van der Waals surface area contributed by atoms with E-state index in [1.807, 2.05) is 6.26 Å². The first kappa shape index (κ1) is 25.3. The van der Waals surface area contributed by atoms with Gasteiger partial charge in [0, 0.05) is 0 Å². The summed E-state index contributed by atoms with van der Waals surface area (Å²) in [5, 5.41) is 0. The maximum Gasteiger partial charge on any atom is 0.0934 e. The normalized spacial score (nSPS) is 14.2. The van der Waals surface area contributed by atoms with Crippen molar-refractivity contribution >= 4 is 0 Å². The maximum atomic E-state index is 5.12. The SMILES string of the molecule is CC(=CCCC(C)=CCCc1ccoc1)CCC=C(C)CCC=C(C)CC(C)C. The Hall–Kier alpha value is -1.76. The molecule has 0 spiro atoms. The second-order valence-electron chi connectivity index (χ2n) is 9.09. The predicted octanol–water partition coefficient (Wildman–Crippen LogP) is 9.38. The minimum atomic E-state index is 0.763. The Bertz CT molecular complexity index is 665. The molecule has 1 heterocycles. The van der Waals surface area contributed by atoms with E-state index < -0.39 is 0 Å². The van der Waals surface area contributed by atoms with Crippen molar-refractivity contribution < 1.29 is 4.42 Å². The molecular formula is C28H44O. The molecule has 0 radical (unpaired) electrons. The van der Waals surface area contributed by atoms with Crippen LogP contribution in [0.15, 0.2) is 69.6 Å². The Kier molecular flexibility index (Phi) is 13.2. The Balaban J connectivity index is 2.19. The average Bonchev–Trinajstić information content (AvgIpc) is 3.14. The van der Waals surface area contributed by atoms with Gasteiger partial charge >= 0.3 is 0 Å². The monoisotopic (exact) mass is 396 g/mol. The molecule has 162 valence electrons. The predicted molar refractivity (Wildman–Crippen MR) is 129 cm³/mol. The molecule has 0 atom stereocenters. The van der Waals surface area contributed by atoms with E-state index in [0.717, 1.165) is 25.2 Å². The van der Waals surface area contributed by atoms with E-state index in [1.54, 1.807) is 6.26 Å². The van der Waals surface area contributed by atoms with Crippen LogP contribution in [-0.4, -0.2) is 0 Å². The summed E-state index contributed by atoms with van der Waals surface area (Å²) in [5.74, 6) is 0.763. The van der Waals surface area contributed by atoms with Crippen molar-refractivity contribution in [1.82, 2.24) is 0 Å². The standard InChI is InChI=1S/C28H44O/c1-23(2)21-27(6)17-9-15-25(4)13-7-11-24(3)12-8-14-26(5)16-10-18-28-19-20-29-22-28/h12-13,16-17,19-20,22-23H,7-11,14-15,18,21H2,1-6H3. The Morgan fingerprint density at radius 3 is 1.69 bits per heavy atom. The molecule has 0 aromatic carbocycles. The van der Waals surface area contributed by atoms with Gasteiger partial charge in [0.15, 0.2) is 0 Å². The molecule has 0 aliphatic rings. The third-order valence-corrected chi connectivity index (χ3v) is 5.33. The molecule has 0 aliphatic heterocycles. The fraction of sp³-hybridized carbons (Fsp3) is 0.571. The summed E-state index contributed by atoms with van der Waals surface area (Å²) in [5.41, 5.74) is 7.37. The minimum absolute atomic E-state index is 0.763. The van der Waals surface area contributed by atoms with Gasteiger partial charge in [0.1, 0.15) is 0 Å². The molecule has 0 unspecified atom stereocenters. The zero-order chi connectivity index (χ0) is 21.5. The van der Waals surface area contributed by atoms with Gasteiger partial charge in [-0.1, -0.05) is 60.4 Å². The van der Waals surface area contributed by atoms with E-state index in [0.29, 0.717) is 0 Å². The Morgan fingerprint density at radius 1 is 0.759 bits per heavy atom. The summed E-state index contributed by atoms with van der Waals surface area (Å²) in [6, 6.07) is 2.05. The summed E-state index contributed by atoms with van der Waals surface area (Å²) in [6.45, 7) is 13.7. The summed E-state index contributed by atoms with van der Waals surface area (Å²) in [7, 11) is 0. The van der Waals surface area contributed by atoms with Gasteiger partial charge in [0.25, 0.3) is 0 Å². The molecular weight excluding hydrogens is 352 g/mol. The average molecular weight is 397 g/mol. The second-order valence-corrected chi connectivity index (χ2v) is 9.09. The van der Waals surface area contributed by atoms with Crippen LogP contribution in [0.5, 0.6) is 0 Å². The molecule has 0 N–H and O–H groups in total. The van der Waals surface area contributed by atoms with E-state index in [4.69, 9.17) is 4.42 Å². The van der Waals surface area contributed by atoms with Crippen LogP contribution in [0.25, 0.3) is 0 Å². The topological polar surface area (TPSA) is 13.1 Å². The third-order valence-electron chi connectivity index (χ3n) is 5.33. The van der Waals surface area contributed by atoms with Crippen LogP contribution < -0.4 is 0 Å². The van der Waals surface area contributed by atoms with Gasteiger partial charge in [0.05, 0.1) is 12.5 Å². The lowest BCUT2D eigenvalue weighted by atomic mass is 10.0. The van der Waals surface area contributed by atoms with Crippen LogP contribution in [-0.2, 0) is 6.42 Å². The smallest absolute Gasteiger partial charge is 0.0934 e. The zero-order valence-corrected chi connectivity index (χ0v) is 19.9. The largest absolute Gasteiger partial charge is 0.472 e. The molecule has 1 rings (SSSR count). The van der Waals surface area contributed by atoms with Crippen molar-refractivity contribution in [2.24, 2.45) is 5.92 Å². The molecule has 1 heteroatoms. The number of hydrogen-bond donors (Lipinski definition) is 0. The lowest BCUT2D eigenvalue weighted by molar-refractivity contribution is 0.564. The highest BCUT2D eigenvalue weighted by Crippen LogP contribution is 2.16. The molecule has 1 aromatic rings. The van der Waals surface area contributed by atoms with E-state index in [-0.39, 0.29) is 0 Å². The van der Waals surface area contributed by atoms with Crippen molar-refractivity contribution in [3.63, 3.8) is 0 Å². The van der Waals surface area contributed by atoms with Crippen molar-refractivity contribution in [3.8, 4) is 0 Å². The number of rotatable bonds is 14. The highest BCUT2D eigenvalue weighted by molar-refractivity contribution is 5.09. The third kappa shape index (κ3) is 14.0. The zero-order valence-electron chi connectivity index (χ0n) is 19.9. The van der Waals surface area contributed by atoms with Gasteiger partial charge < -0.3 is 4.42 Å². The van der Waals surface area contributed by atoms with Crippen LogP contribution in [0.1, 0.15) is 98.5 Å². The molecule has 1 aromatic heterocycles. The van der Waals surface area contributed by atoms with Crippen LogP contribution in [0.4, 0.5) is 0 Å². The molecule has 1 nitrogen and oxygen atoms in total. The van der Waals surface area contributed by atoms with Crippen molar-refractivity contribution in [1.29, 1.82) is 0 Å². The van der Waals surface area contributed by atoms with Crippen LogP contribution >= 0.6 is 0 Å². The van der Waals surface area contributed by atoms with E-state index in [1.165, 1.54) is 66.4 Å². The van der Waals surface area contributed by atoms with Crippen LogP contribution in [0.3, 0.4) is 0 Å². The lowest BCUT2D eigenvalue weighted by Gasteiger charge is -2.05. The molecule has 0 aliphatic carbocycles. The van der Waals surface area contributed by atoms with Gasteiger partial charge in [-0.05, 0) is 103 Å². The highest BCUT2D eigenvalue weighted by Gasteiger charge is 1.97. The van der Waals surface area contributed by atoms with Gasteiger partial charge in [-0.25, -0.2) is 0 Å². The molecule has 0 saturated carbocycles. The highest BCUT2D eigenvalue weighted by atomic mass is 16.3. The van der Waals surface area contributed by atoms with Crippen LogP contribution in [0, 0.1) is 5.92 Å². The van der Waals surface area contributed by atoms with Gasteiger partial charge in [0.2, 0.25) is 0 Å². The molecule has 0 saturated heterocycles. The van der Waals surface area contributed by atoms with Crippen molar-refractivity contribution in [3.05, 3.63) is 70.8 Å². The van der Waals surface area contributed by atoms with Crippen molar-refractivity contribution in [2.75, 3.05) is 0 Å². The Morgan fingerprint density at radius 2 is 1.24 bits per heavy atom. The molecule has 29 heavy (non-hydrogen) atoms. The van der Waals surface area contributed by atoms with E-state index >= 15 is 0 Å². The number of allylic oxidation sites excluding steroid dienone is 8. The summed E-state index contributed by atoms with van der Waals surface area (Å²) in [4.78, 5) is 0. The minimum Gasteiger partial charge on any atom is -0.472 e. The maximum absolute atomic E-state index is 5.12. The molecule has 0 amide bonds. The fourth-order valence-corrected chi connectivity index (χ4v) is 3.59. The number of hydrogen-bond acceptors (Lipinski definition) is 1. The Labute approximate surface area is 180 Å².